The average molecular weight is 679 g/mol. The van der Waals surface area contributed by atoms with Crippen molar-refractivity contribution in [2.24, 2.45) is 0 Å². The molecule has 250 valence electrons. The van der Waals surface area contributed by atoms with E-state index in [2.05, 4.69) is 159 Å². The number of para-hydroxylation sites is 1. The molecule has 0 fully saturated rings. The molecular formula is C50H34N2O. The van der Waals surface area contributed by atoms with Crippen molar-refractivity contribution in [2.75, 3.05) is 0 Å². The molecule has 3 nitrogen and oxygen atoms in total. The Morgan fingerprint density at radius 2 is 0.962 bits per heavy atom. The quantitative estimate of drug-likeness (QED) is 0.187. The first-order valence-corrected chi connectivity index (χ1v) is 18.3. The van der Waals surface area contributed by atoms with Gasteiger partial charge in [0.25, 0.3) is 0 Å². The number of nitrogens with zero attached hydrogens (tertiary/aromatic N) is 2. The Kier molecular flexibility index (Phi) is 6.22. The van der Waals surface area contributed by atoms with E-state index in [1.807, 2.05) is 24.3 Å². The van der Waals surface area contributed by atoms with Gasteiger partial charge in [0.1, 0.15) is 11.2 Å². The highest BCUT2D eigenvalue weighted by Crippen LogP contribution is 2.63. The number of fused-ring (bicyclic) bond motifs is 13. The molecule has 0 N–H and O–H groups in total. The van der Waals surface area contributed by atoms with E-state index in [0.717, 1.165) is 50.0 Å². The summed E-state index contributed by atoms with van der Waals surface area (Å²) in [5.74, 6) is 0.686. The summed E-state index contributed by atoms with van der Waals surface area (Å²) < 4.78 is 7.30. The molecule has 2 aliphatic carbocycles. The van der Waals surface area contributed by atoms with E-state index < -0.39 is 5.41 Å². The van der Waals surface area contributed by atoms with Crippen LogP contribution in [0.15, 0.2) is 174 Å². The molecule has 0 atom stereocenters. The second-order valence-electron chi connectivity index (χ2n) is 14.9. The van der Waals surface area contributed by atoms with Crippen LogP contribution in [0.25, 0.3) is 67.0 Å². The molecule has 3 heteroatoms. The minimum absolute atomic E-state index is 0.340. The zero-order valence-corrected chi connectivity index (χ0v) is 29.5. The van der Waals surface area contributed by atoms with E-state index in [0.29, 0.717) is 5.82 Å². The number of furan rings is 1. The van der Waals surface area contributed by atoms with Crippen molar-refractivity contribution in [3.63, 3.8) is 0 Å². The lowest BCUT2D eigenvalue weighted by molar-refractivity contribution is 0.551. The van der Waals surface area contributed by atoms with E-state index in [1.54, 1.807) is 0 Å². The number of rotatable bonds is 3. The number of hydrogen-bond acceptors (Lipinski definition) is 3. The molecule has 0 radical (unpaired) electrons. The molecule has 11 rings (SSSR count). The molecule has 0 bridgehead atoms. The number of aromatic nitrogens is 2. The highest BCUT2D eigenvalue weighted by Gasteiger charge is 2.54. The van der Waals surface area contributed by atoms with Crippen LogP contribution in [0.3, 0.4) is 0 Å². The molecule has 0 aliphatic heterocycles. The zero-order chi connectivity index (χ0) is 35.3. The lowest BCUT2D eigenvalue weighted by Crippen LogP contribution is -2.40. The Morgan fingerprint density at radius 3 is 1.66 bits per heavy atom. The van der Waals surface area contributed by atoms with E-state index in [4.69, 9.17) is 14.4 Å². The molecule has 7 aromatic carbocycles. The molecule has 0 amide bonds. The molecule has 0 unspecified atom stereocenters. The highest BCUT2D eigenvalue weighted by atomic mass is 16.3. The summed E-state index contributed by atoms with van der Waals surface area (Å²) in [6, 6.07) is 60.8. The Bertz CT molecular complexity index is 2820. The Hall–Kier alpha value is -6.58. The van der Waals surface area contributed by atoms with Crippen molar-refractivity contribution in [1.29, 1.82) is 0 Å². The average Bonchev–Trinajstić information content (AvgIpc) is 3.75. The maximum absolute atomic E-state index is 7.30. The van der Waals surface area contributed by atoms with Crippen LogP contribution in [0, 0.1) is 0 Å². The number of hydrogen-bond donors (Lipinski definition) is 0. The minimum Gasteiger partial charge on any atom is -0.455 e. The van der Waals surface area contributed by atoms with Gasteiger partial charge in [-0.05, 0) is 51.1 Å². The van der Waals surface area contributed by atoms with Gasteiger partial charge in [0.2, 0.25) is 0 Å². The summed E-state index contributed by atoms with van der Waals surface area (Å²) in [7, 11) is 0. The van der Waals surface area contributed by atoms with Crippen molar-refractivity contribution in [3.8, 4) is 45.0 Å². The summed E-state index contributed by atoms with van der Waals surface area (Å²) in [6.07, 6.45) is 0. The van der Waals surface area contributed by atoms with Gasteiger partial charge in [0.15, 0.2) is 5.82 Å². The van der Waals surface area contributed by atoms with E-state index >= 15 is 0 Å². The lowest BCUT2D eigenvalue weighted by atomic mass is 9.55. The third-order valence-electron chi connectivity index (χ3n) is 11.8. The second kappa shape index (κ2) is 11.0. The van der Waals surface area contributed by atoms with Gasteiger partial charge in [0, 0.05) is 38.4 Å². The molecule has 2 heterocycles. The van der Waals surface area contributed by atoms with Crippen molar-refractivity contribution in [3.05, 3.63) is 203 Å². The van der Waals surface area contributed by atoms with Gasteiger partial charge >= 0.3 is 0 Å². The summed E-state index contributed by atoms with van der Waals surface area (Å²) >= 11 is 0. The first kappa shape index (κ1) is 30.1. The van der Waals surface area contributed by atoms with Gasteiger partial charge in [-0.15, -0.1) is 0 Å². The van der Waals surface area contributed by atoms with Gasteiger partial charge in [-0.3, -0.25) is 0 Å². The van der Waals surface area contributed by atoms with Gasteiger partial charge in [-0.1, -0.05) is 172 Å². The monoisotopic (exact) mass is 678 g/mol. The normalized spacial score (nSPS) is 14.5. The van der Waals surface area contributed by atoms with Crippen molar-refractivity contribution in [2.45, 2.75) is 24.7 Å². The summed E-state index contributed by atoms with van der Waals surface area (Å²) in [4.78, 5) is 10.3. The molecule has 9 aromatic rings. The lowest BCUT2D eigenvalue weighted by Gasteiger charge is -2.46. The second-order valence-corrected chi connectivity index (χ2v) is 14.9. The predicted molar refractivity (Wildman–Crippen MR) is 215 cm³/mol. The van der Waals surface area contributed by atoms with Crippen LogP contribution in [0.1, 0.15) is 47.2 Å². The standard InChI is InChI=1S/C50H34N2O/c1-49(2)40-26-13-14-27-41(40)50(38-24-11-9-20-33(38)34-21-10-12-25-39(34)50)42-29-28-36-35-22-15-23-37(46(35)53-47(36)45(42)49)44-30-43(31-16-5-3-6-17-31)51-48(52-44)32-18-7-4-8-19-32/h3-30H,1-2H3. The Balaban J connectivity index is 1.22. The summed E-state index contributed by atoms with van der Waals surface area (Å²) in [5.41, 5.74) is 16.0. The largest absolute Gasteiger partial charge is 0.455 e. The van der Waals surface area contributed by atoms with E-state index in [9.17, 15) is 0 Å². The third-order valence-corrected chi connectivity index (χ3v) is 11.8. The van der Waals surface area contributed by atoms with Crippen LogP contribution >= 0.6 is 0 Å². The van der Waals surface area contributed by atoms with Crippen LogP contribution in [0.4, 0.5) is 0 Å². The maximum Gasteiger partial charge on any atom is 0.160 e. The van der Waals surface area contributed by atoms with Crippen LogP contribution in [0.2, 0.25) is 0 Å². The molecule has 1 spiro atoms. The van der Waals surface area contributed by atoms with Crippen LogP contribution in [-0.2, 0) is 10.8 Å². The fraction of sp³-hybridized carbons (Fsp3) is 0.0800. The maximum atomic E-state index is 7.30. The fourth-order valence-electron chi connectivity index (χ4n) is 9.51. The molecular weight excluding hydrogens is 645 g/mol. The molecule has 0 saturated carbocycles. The molecule has 0 saturated heterocycles. The van der Waals surface area contributed by atoms with Gasteiger partial charge in [-0.2, -0.15) is 0 Å². The zero-order valence-electron chi connectivity index (χ0n) is 29.5. The van der Waals surface area contributed by atoms with Crippen molar-refractivity contribution in [1.82, 2.24) is 9.97 Å². The SMILES string of the molecule is CC1(C)c2ccccc2C2(c3ccccc3-c3ccccc32)c2ccc3c(oc4c(-c5cc(-c6ccccc6)nc(-c6ccccc6)n5)cccc43)c21. The van der Waals surface area contributed by atoms with Crippen LogP contribution in [0.5, 0.6) is 0 Å². The first-order chi connectivity index (χ1) is 26.0. The Labute approximate surface area is 308 Å². The van der Waals surface area contributed by atoms with Crippen LogP contribution < -0.4 is 0 Å². The summed E-state index contributed by atoms with van der Waals surface area (Å²) in [5, 5.41) is 2.20. The third kappa shape index (κ3) is 4.05. The molecule has 2 aliphatic rings. The smallest absolute Gasteiger partial charge is 0.160 e. The van der Waals surface area contributed by atoms with Crippen molar-refractivity contribution >= 4 is 21.9 Å². The van der Waals surface area contributed by atoms with Crippen LogP contribution in [-0.4, -0.2) is 9.97 Å². The summed E-state index contributed by atoms with van der Waals surface area (Å²) in [6.45, 7) is 4.72. The predicted octanol–water partition coefficient (Wildman–Crippen LogP) is 12.4. The topological polar surface area (TPSA) is 38.9 Å². The van der Waals surface area contributed by atoms with Gasteiger partial charge < -0.3 is 4.42 Å². The van der Waals surface area contributed by atoms with E-state index in [1.165, 1.54) is 44.5 Å². The van der Waals surface area contributed by atoms with E-state index in [-0.39, 0.29) is 5.41 Å². The first-order valence-electron chi connectivity index (χ1n) is 18.3. The van der Waals surface area contributed by atoms with Gasteiger partial charge in [0.05, 0.1) is 16.8 Å². The Morgan fingerprint density at radius 1 is 0.415 bits per heavy atom. The fourth-order valence-corrected chi connectivity index (χ4v) is 9.51. The number of benzene rings is 7. The highest BCUT2D eigenvalue weighted by molar-refractivity contribution is 6.11. The van der Waals surface area contributed by atoms with Crippen molar-refractivity contribution < 1.29 is 4.42 Å². The molecule has 53 heavy (non-hydrogen) atoms. The molecule has 2 aromatic heterocycles. The minimum atomic E-state index is -0.480. The van der Waals surface area contributed by atoms with Gasteiger partial charge in [-0.25, -0.2) is 9.97 Å².